The number of hydrogen-bond acceptors (Lipinski definition) is 5. The van der Waals surface area contributed by atoms with E-state index >= 15 is 0 Å². The molecule has 112 valence electrons. The van der Waals surface area contributed by atoms with Crippen LogP contribution in [0.25, 0.3) is 0 Å². The van der Waals surface area contributed by atoms with Crippen molar-refractivity contribution in [2.24, 2.45) is 0 Å². The van der Waals surface area contributed by atoms with Crippen LogP contribution in [0.2, 0.25) is 0 Å². The van der Waals surface area contributed by atoms with Gasteiger partial charge >= 0.3 is 0 Å². The van der Waals surface area contributed by atoms with Crippen LogP contribution in [0.4, 0.5) is 0 Å². The lowest BCUT2D eigenvalue weighted by Gasteiger charge is -2.22. The monoisotopic (exact) mass is 385 g/mol. The maximum Gasteiger partial charge on any atom is 0.287 e. The minimum Gasteiger partial charge on any atom is -0.443 e. The molecule has 0 aromatic carbocycles. The molecule has 0 radical (unpaired) electrons. The molecule has 2 rings (SSSR count). The molecule has 1 fully saturated rings. The van der Waals surface area contributed by atoms with Crippen molar-refractivity contribution in [2.75, 3.05) is 13.2 Å². The topological polar surface area (TPSA) is 85.6 Å². The van der Waals surface area contributed by atoms with Gasteiger partial charge in [0.1, 0.15) is 4.90 Å². The van der Waals surface area contributed by atoms with Gasteiger partial charge in [0.2, 0.25) is 0 Å². The Morgan fingerprint density at radius 2 is 2.25 bits per heavy atom. The van der Waals surface area contributed by atoms with E-state index in [4.69, 9.17) is 19.8 Å². The highest BCUT2D eigenvalue weighted by atomic mass is 79.9. The molecule has 2 heterocycles. The standard InChI is InChI=1S/C11H13BrClNO5S/c12-10-9(20(13,16)17)5-8(19-10)11(15)14-6-7-3-1-2-4-18-7/h5,7H,1-4,6H2,(H,14,15). The van der Waals surface area contributed by atoms with Crippen LogP contribution in [0.5, 0.6) is 0 Å². The number of furan rings is 1. The van der Waals surface area contributed by atoms with Gasteiger partial charge in [-0.1, -0.05) is 0 Å². The van der Waals surface area contributed by atoms with Crippen LogP contribution in [0.15, 0.2) is 20.0 Å². The van der Waals surface area contributed by atoms with Crippen molar-refractivity contribution in [1.82, 2.24) is 5.32 Å². The van der Waals surface area contributed by atoms with Gasteiger partial charge in [0.05, 0.1) is 6.10 Å². The molecule has 1 aromatic rings. The first kappa shape index (κ1) is 15.8. The van der Waals surface area contributed by atoms with Crippen LogP contribution in [0.1, 0.15) is 29.8 Å². The zero-order chi connectivity index (χ0) is 14.8. The quantitative estimate of drug-likeness (QED) is 0.802. The lowest BCUT2D eigenvalue weighted by atomic mass is 10.1. The second-order valence-corrected chi connectivity index (χ2v) is 7.64. The van der Waals surface area contributed by atoms with Gasteiger partial charge in [0, 0.05) is 29.9 Å². The summed E-state index contributed by atoms with van der Waals surface area (Å²) < 4.78 is 32.9. The molecule has 9 heteroatoms. The van der Waals surface area contributed by atoms with Gasteiger partial charge in [0.25, 0.3) is 15.0 Å². The first-order chi connectivity index (χ1) is 9.38. The van der Waals surface area contributed by atoms with Crippen LogP contribution >= 0.6 is 26.6 Å². The third-order valence-corrected chi connectivity index (χ3v) is 5.09. The fraction of sp³-hybridized carbons (Fsp3) is 0.545. The third-order valence-electron chi connectivity index (χ3n) is 2.91. The number of carbonyl (C=O) groups excluding carboxylic acids is 1. The molecule has 1 unspecified atom stereocenters. The molecule has 6 nitrogen and oxygen atoms in total. The minimum absolute atomic E-state index is 0.0117. The Balaban J connectivity index is 1.99. The Morgan fingerprint density at radius 1 is 1.50 bits per heavy atom. The molecule has 1 aliphatic rings. The summed E-state index contributed by atoms with van der Waals surface area (Å²) in [5, 5.41) is 2.64. The van der Waals surface area contributed by atoms with E-state index in [1.165, 1.54) is 0 Å². The number of nitrogens with one attached hydrogen (secondary N) is 1. The summed E-state index contributed by atoms with van der Waals surface area (Å²) in [6.45, 7) is 1.06. The van der Waals surface area contributed by atoms with Crippen LogP contribution < -0.4 is 5.32 Å². The van der Waals surface area contributed by atoms with E-state index in [-0.39, 0.29) is 21.4 Å². The number of ether oxygens (including phenoxy) is 1. The van der Waals surface area contributed by atoms with Crippen molar-refractivity contribution in [3.63, 3.8) is 0 Å². The van der Waals surface area contributed by atoms with E-state index in [1.54, 1.807) is 0 Å². The number of halogens is 2. The Labute approximate surface area is 129 Å². The molecule has 0 aliphatic carbocycles. The van der Waals surface area contributed by atoms with Crippen LogP contribution in [0.3, 0.4) is 0 Å². The molecule has 0 spiro atoms. The molecule has 20 heavy (non-hydrogen) atoms. The van der Waals surface area contributed by atoms with Gasteiger partial charge in [-0.3, -0.25) is 4.79 Å². The molecular formula is C11H13BrClNO5S. The lowest BCUT2D eigenvalue weighted by Crippen LogP contribution is -2.35. The van der Waals surface area contributed by atoms with Gasteiger partial charge in [0.15, 0.2) is 10.4 Å². The molecule has 0 saturated carbocycles. The van der Waals surface area contributed by atoms with Crippen molar-refractivity contribution >= 4 is 41.6 Å². The second-order valence-electron chi connectivity index (χ2n) is 4.39. The van der Waals surface area contributed by atoms with Gasteiger partial charge in [-0.15, -0.1) is 0 Å². The van der Waals surface area contributed by atoms with Crippen molar-refractivity contribution in [1.29, 1.82) is 0 Å². The summed E-state index contributed by atoms with van der Waals surface area (Å²) in [7, 11) is 1.26. The van der Waals surface area contributed by atoms with Crippen molar-refractivity contribution < 1.29 is 22.4 Å². The van der Waals surface area contributed by atoms with E-state index in [0.717, 1.165) is 25.3 Å². The molecule has 1 N–H and O–H groups in total. The summed E-state index contributed by atoms with van der Waals surface area (Å²) >= 11 is 2.91. The Hall–Kier alpha value is -0.570. The zero-order valence-corrected chi connectivity index (χ0v) is 13.6. The van der Waals surface area contributed by atoms with E-state index in [9.17, 15) is 13.2 Å². The fourth-order valence-electron chi connectivity index (χ4n) is 1.89. The lowest BCUT2D eigenvalue weighted by molar-refractivity contribution is 0.0167. The first-order valence-corrected chi connectivity index (χ1v) is 9.12. The number of rotatable bonds is 4. The minimum atomic E-state index is -3.95. The first-order valence-electron chi connectivity index (χ1n) is 6.01. The van der Waals surface area contributed by atoms with Gasteiger partial charge < -0.3 is 14.5 Å². The average molecular weight is 387 g/mol. The van der Waals surface area contributed by atoms with Crippen molar-refractivity contribution in [2.45, 2.75) is 30.3 Å². The summed E-state index contributed by atoms with van der Waals surface area (Å²) in [6, 6.07) is 1.09. The summed E-state index contributed by atoms with van der Waals surface area (Å²) in [4.78, 5) is 11.6. The molecule has 1 amide bonds. The Bertz CT molecular complexity index is 594. The fourth-order valence-corrected chi connectivity index (χ4v) is 3.93. The molecule has 0 bridgehead atoms. The van der Waals surface area contributed by atoms with E-state index < -0.39 is 15.0 Å². The van der Waals surface area contributed by atoms with Crippen molar-refractivity contribution in [3.8, 4) is 0 Å². The smallest absolute Gasteiger partial charge is 0.287 e. The molecule has 1 saturated heterocycles. The normalized spacial score (nSPS) is 19.8. The predicted octanol–water partition coefficient (Wildman–Crippen LogP) is 2.27. The highest BCUT2D eigenvalue weighted by Crippen LogP contribution is 2.28. The number of carbonyl (C=O) groups is 1. The van der Waals surface area contributed by atoms with Gasteiger partial charge in [-0.25, -0.2) is 8.42 Å². The molecule has 1 aromatic heterocycles. The number of amides is 1. The van der Waals surface area contributed by atoms with Crippen LogP contribution in [-0.4, -0.2) is 33.6 Å². The van der Waals surface area contributed by atoms with Gasteiger partial charge in [-0.2, -0.15) is 0 Å². The van der Waals surface area contributed by atoms with Crippen LogP contribution in [-0.2, 0) is 13.8 Å². The Kier molecular flexibility index (Phi) is 5.11. The van der Waals surface area contributed by atoms with E-state index in [1.807, 2.05) is 0 Å². The maximum atomic E-state index is 11.9. The van der Waals surface area contributed by atoms with Crippen molar-refractivity contribution in [3.05, 3.63) is 16.5 Å². The van der Waals surface area contributed by atoms with Crippen LogP contribution in [0, 0.1) is 0 Å². The largest absolute Gasteiger partial charge is 0.443 e. The summed E-state index contributed by atoms with van der Waals surface area (Å²) in [5.41, 5.74) is 0. The molecule has 1 aliphatic heterocycles. The molecular weight excluding hydrogens is 374 g/mol. The average Bonchev–Trinajstić information content (AvgIpc) is 2.79. The predicted molar refractivity (Wildman–Crippen MR) is 75.4 cm³/mol. The summed E-state index contributed by atoms with van der Waals surface area (Å²) in [5.74, 6) is -0.627. The molecule has 1 atom stereocenters. The zero-order valence-electron chi connectivity index (χ0n) is 10.4. The second kappa shape index (κ2) is 6.46. The maximum absolute atomic E-state index is 11.9. The van der Waals surface area contributed by atoms with Gasteiger partial charge in [-0.05, 0) is 35.2 Å². The summed E-state index contributed by atoms with van der Waals surface area (Å²) in [6.07, 6.45) is 2.99. The SMILES string of the molecule is O=C(NCC1CCCCO1)c1cc(S(=O)(=O)Cl)c(Br)o1. The third kappa shape index (κ3) is 3.97. The highest BCUT2D eigenvalue weighted by Gasteiger charge is 2.24. The number of hydrogen-bond donors (Lipinski definition) is 1. The highest BCUT2D eigenvalue weighted by molar-refractivity contribution is 9.10. The van der Waals surface area contributed by atoms with E-state index in [2.05, 4.69) is 21.2 Å². The Morgan fingerprint density at radius 3 is 2.80 bits per heavy atom. The van der Waals surface area contributed by atoms with E-state index in [0.29, 0.717) is 13.2 Å².